The number of ether oxygens (including phenoxy) is 1. The summed E-state index contributed by atoms with van der Waals surface area (Å²) in [5, 5.41) is 0. The Morgan fingerprint density at radius 3 is 2.65 bits per heavy atom. The molecule has 1 fully saturated rings. The molecule has 0 radical (unpaired) electrons. The first-order chi connectivity index (χ1) is 8.13. The van der Waals surface area contributed by atoms with Crippen molar-refractivity contribution in [3.8, 4) is 0 Å². The smallest absolute Gasteiger partial charge is 0.328 e. The number of hydrogen-bond donors (Lipinski definition) is 0. The van der Waals surface area contributed by atoms with Gasteiger partial charge in [-0.15, -0.1) is 0 Å². The Bertz CT molecular complexity index is 444. The van der Waals surface area contributed by atoms with Gasteiger partial charge in [0.1, 0.15) is 6.04 Å². The largest absolute Gasteiger partial charge is 0.467 e. The number of hydrogen-bond acceptors (Lipinski definition) is 3. The molecule has 0 saturated carbocycles. The number of nitrogens with zero attached hydrogens (tertiary/aromatic N) is 1. The molecule has 0 aromatic heterocycles. The highest BCUT2D eigenvalue weighted by Gasteiger charge is 2.37. The average molecular weight is 298 g/mol. The Labute approximate surface area is 108 Å². The van der Waals surface area contributed by atoms with Gasteiger partial charge in [-0.1, -0.05) is 15.9 Å². The monoisotopic (exact) mass is 297 g/mol. The van der Waals surface area contributed by atoms with Crippen molar-refractivity contribution >= 4 is 33.5 Å². The van der Waals surface area contributed by atoms with E-state index in [0.717, 1.165) is 10.2 Å². The zero-order valence-corrected chi connectivity index (χ0v) is 10.9. The maximum atomic E-state index is 11.8. The van der Waals surface area contributed by atoms with E-state index in [9.17, 15) is 9.59 Å². The molecule has 90 valence electrons. The molecule has 2 rings (SSSR count). The van der Waals surface area contributed by atoms with Crippen molar-refractivity contribution in [2.24, 2.45) is 0 Å². The van der Waals surface area contributed by atoms with Crippen molar-refractivity contribution < 1.29 is 14.3 Å². The minimum absolute atomic E-state index is 0.0391. The molecule has 4 nitrogen and oxygen atoms in total. The number of carbonyl (C=O) groups is 2. The first-order valence-corrected chi connectivity index (χ1v) is 6.08. The lowest BCUT2D eigenvalue weighted by molar-refractivity contribution is -0.142. The summed E-state index contributed by atoms with van der Waals surface area (Å²) in [5.74, 6) is -0.401. The van der Waals surface area contributed by atoms with E-state index < -0.39 is 6.04 Å². The molecule has 0 unspecified atom stereocenters. The Hall–Kier alpha value is -1.36. The van der Waals surface area contributed by atoms with Gasteiger partial charge in [0, 0.05) is 16.6 Å². The molecule has 1 aromatic rings. The van der Waals surface area contributed by atoms with Crippen molar-refractivity contribution in [1.29, 1.82) is 0 Å². The van der Waals surface area contributed by atoms with E-state index in [1.165, 1.54) is 12.0 Å². The Morgan fingerprint density at radius 2 is 2.06 bits per heavy atom. The number of methoxy groups -OCH3 is 1. The van der Waals surface area contributed by atoms with Gasteiger partial charge in [-0.2, -0.15) is 0 Å². The topological polar surface area (TPSA) is 46.6 Å². The fourth-order valence-corrected chi connectivity index (χ4v) is 2.23. The molecule has 1 atom stereocenters. The molecule has 1 aliphatic heterocycles. The minimum atomic E-state index is -0.492. The number of benzene rings is 1. The predicted molar refractivity (Wildman–Crippen MR) is 66.7 cm³/mol. The van der Waals surface area contributed by atoms with Gasteiger partial charge in [-0.05, 0) is 30.7 Å². The number of esters is 1. The third kappa shape index (κ3) is 2.34. The lowest BCUT2D eigenvalue weighted by atomic mass is 10.2. The zero-order chi connectivity index (χ0) is 12.4. The number of rotatable bonds is 2. The summed E-state index contributed by atoms with van der Waals surface area (Å²) < 4.78 is 5.65. The van der Waals surface area contributed by atoms with Gasteiger partial charge in [0.25, 0.3) is 0 Å². The van der Waals surface area contributed by atoms with Crippen LogP contribution in [0.25, 0.3) is 0 Å². The normalized spacial score (nSPS) is 19.5. The van der Waals surface area contributed by atoms with Crippen molar-refractivity contribution in [3.63, 3.8) is 0 Å². The molecule has 1 aromatic carbocycles. The molecule has 1 heterocycles. The van der Waals surface area contributed by atoms with Crippen LogP contribution in [0.3, 0.4) is 0 Å². The summed E-state index contributed by atoms with van der Waals surface area (Å²) in [4.78, 5) is 24.9. The summed E-state index contributed by atoms with van der Waals surface area (Å²) in [7, 11) is 1.34. The van der Waals surface area contributed by atoms with Gasteiger partial charge >= 0.3 is 5.97 Å². The summed E-state index contributed by atoms with van der Waals surface area (Å²) in [5.41, 5.74) is 0.728. The number of halogens is 1. The second-order valence-electron chi connectivity index (χ2n) is 3.82. The highest BCUT2D eigenvalue weighted by molar-refractivity contribution is 9.10. The third-order valence-corrected chi connectivity index (χ3v) is 3.32. The summed E-state index contributed by atoms with van der Waals surface area (Å²) in [6.45, 7) is 0. The van der Waals surface area contributed by atoms with E-state index >= 15 is 0 Å². The SMILES string of the molecule is COC(=O)[C@@H]1CCC(=O)N1c1ccc(Br)cc1. The zero-order valence-electron chi connectivity index (χ0n) is 9.35. The standard InChI is InChI=1S/C12H12BrNO3/c1-17-12(16)10-6-7-11(15)14(10)9-4-2-8(13)3-5-9/h2-5,10H,6-7H2,1H3/t10-/m0/s1. The van der Waals surface area contributed by atoms with E-state index in [0.29, 0.717) is 12.8 Å². The number of carbonyl (C=O) groups excluding carboxylic acids is 2. The second-order valence-corrected chi connectivity index (χ2v) is 4.73. The summed E-state index contributed by atoms with van der Waals surface area (Å²) in [6, 6.07) is 6.81. The van der Waals surface area contributed by atoms with E-state index in [-0.39, 0.29) is 11.9 Å². The van der Waals surface area contributed by atoms with Gasteiger partial charge in [0.05, 0.1) is 7.11 Å². The minimum Gasteiger partial charge on any atom is -0.467 e. The van der Waals surface area contributed by atoms with Crippen LogP contribution in [0.4, 0.5) is 5.69 Å². The molecule has 0 spiro atoms. The Morgan fingerprint density at radius 1 is 1.41 bits per heavy atom. The molecule has 0 bridgehead atoms. The van der Waals surface area contributed by atoms with Crippen LogP contribution in [0, 0.1) is 0 Å². The van der Waals surface area contributed by atoms with Gasteiger partial charge in [0.15, 0.2) is 0 Å². The number of anilines is 1. The second kappa shape index (κ2) is 4.87. The van der Waals surface area contributed by atoms with Gasteiger partial charge in [0.2, 0.25) is 5.91 Å². The van der Waals surface area contributed by atoms with Crippen LogP contribution in [-0.4, -0.2) is 25.0 Å². The fourth-order valence-electron chi connectivity index (χ4n) is 1.97. The molecule has 1 saturated heterocycles. The van der Waals surface area contributed by atoms with Crippen LogP contribution in [-0.2, 0) is 14.3 Å². The predicted octanol–water partition coefficient (Wildman–Crippen LogP) is 2.12. The molecule has 0 N–H and O–H groups in total. The molecule has 5 heteroatoms. The van der Waals surface area contributed by atoms with Crippen molar-refractivity contribution in [1.82, 2.24) is 0 Å². The van der Waals surface area contributed by atoms with Crippen molar-refractivity contribution in [2.75, 3.05) is 12.0 Å². The van der Waals surface area contributed by atoms with Crippen LogP contribution >= 0.6 is 15.9 Å². The Kier molecular flexibility index (Phi) is 3.47. The van der Waals surface area contributed by atoms with E-state index in [1.54, 1.807) is 0 Å². The molecule has 0 aliphatic carbocycles. The van der Waals surface area contributed by atoms with Gasteiger partial charge < -0.3 is 4.74 Å². The lowest BCUT2D eigenvalue weighted by Crippen LogP contribution is -2.39. The van der Waals surface area contributed by atoms with E-state index in [2.05, 4.69) is 15.9 Å². The van der Waals surface area contributed by atoms with Crippen molar-refractivity contribution in [2.45, 2.75) is 18.9 Å². The maximum absolute atomic E-state index is 11.8. The van der Waals surface area contributed by atoms with Gasteiger partial charge in [-0.25, -0.2) is 4.79 Å². The third-order valence-electron chi connectivity index (χ3n) is 2.79. The highest BCUT2D eigenvalue weighted by Crippen LogP contribution is 2.28. The van der Waals surface area contributed by atoms with Crippen LogP contribution in [0.2, 0.25) is 0 Å². The highest BCUT2D eigenvalue weighted by atomic mass is 79.9. The first-order valence-electron chi connectivity index (χ1n) is 5.29. The Balaban J connectivity index is 2.30. The molecular weight excluding hydrogens is 286 g/mol. The molecule has 17 heavy (non-hydrogen) atoms. The maximum Gasteiger partial charge on any atom is 0.328 e. The van der Waals surface area contributed by atoms with Crippen LogP contribution in [0.15, 0.2) is 28.7 Å². The van der Waals surface area contributed by atoms with Crippen LogP contribution in [0.5, 0.6) is 0 Å². The molecule has 1 aliphatic rings. The molecular formula is C12H12BrNO3. The van der Waals surface area contributed by atoms with E-state index in [4.69, 9.17) is 4.74 Å². The van der Waals surface area contributed by atoms with Gasteiger partial charge in [-0.3, -0.25) is 9.69 Å². The lowest BCUT2D eigenvalue weighted by Gasteiger charge is -2.22. The quantitative estimate of drug-likeness (QED) is 0.786. The summed E-state index contributed by atoms with van der Waals surface area (Å²) in [6.07, 6.45) is 0.900. The van der Waals surface area contributed by atoms with Crippen LogP contribution < -0.4 is 4.90 Å². The van der Waals surface area contributed by atoms with E-state index in [1.807, 2.05) is 24.3 Å². The summed E-state index contributed by atoms with van der Waals surface area (Å²) >= 11 is 3.33. The first kappa shape index (κ1) is 12.1. The number of amides is 1. The van der Waals surface area contributed by atoms with Crippen molar-refractivity contribution in [3.05, 3.63) is 28.7 Å². The molecule has 1 amide bonds. The van der Waals surface area contributed by atoms with Crippen LogP contribution in [0.1, 0.15) is 12.8 Å². The average Bonchev–Trinajstić information content (AvgIpc) is 2.71. The fraction of sp³-hybridized carbons (Fsp3) is 0.333.